The monoisotopic (exact) mass is 577 g/mol. The van der Waals surface area contributed by atoms with Crippen LogP contribution in [0.1, 0.15) is 37.9 Å². The van der Waals surface area contributed by atoms with Gasteiger partial charge in [0.25, 0.3) is 0 Å². The van der Waals surface area contributed by atoms with Crippen LogP contribution >= 0.6 is 0 Å². The molecular formula is C33H39NO8. The molecule has 0 spiro atoms. The number of aliphatic hydroxyl groups is 1. The van der Waals surface area contributed by atoms with Gasteiger partial charge in [-0.15, -0.1) is 6.58 Å². The van der Waals surface area contributed by atoms with Crippen molar-refractivity contribution in [2.45, 2.75) is 62.8 Å². The van der Waals surface area contributed by atoms with Crippen molar-refractivity contribution < 1.29 is 38.4 Å². The Labute approximate surface area is 247 Å². The minimum atomic E-state index is -0.529. The summed E-state index contributed by atoms with van der Waals surface area (Å²) in [7, 11) is 1.61. The van der Waals surface area contributed by atoms with Crippen molar-refractivity contribution in [1.29, 1.82) is 0 Å². The van der Waals surface area contributed by atoms with Crippen molar-refractivity contribution in [1.82, 2.24) is 0 Å². The van der Waals surface area contributed by atoms with E-state index in [1.807, 2.05) is 78.9 Å². The molecule has 42 heavy (non-hydrogen) atoms. The summed E-state index contributed by atoms with van der Waals surface area (Å²) in [6, 6.07) is 17.1. The number of carbonyl (C=O) groups is 1. The molecule has 9 nitrogen and oxygen atoms in total. The topological polar surface area (TPSA) is 105 Å². The number of oxime groups is 1. The Morgan fingerprint density at radius 2 is 1.69 bits per heavy atom. The minimum Gasteiger partial charge on any atom is -0.497 e. The molecule has 2 aromatic rings. The zero-order valence-corrected chi connectivity index (χ0v) is 24.0. The number of hydrogen-bond acceptors (Lipinski definition) is 9. The smallest absolute Gasteiger partial charge is 0.306 e. The molecule has 0 aromatic heterocycles. The van der Waals surface area contributed by atoms with Gasteiger partial charge >= 0.3 is 5.97 Å². The summed E-state index contributed by atoms with van der Waals surface area (Å²) in [4.78, 5) is 18.2. The number of nitrogens with zero attached hydrogens (tertiary/aromatic N) is 1. The van der Waals surface area contributed by atoms with Crippen LogP contribution in [-0.4, -0.2) is 67.6 Å². The van der Waals surface area contributed by atoms with Crippen LogP contribution < -0.4 is 9.47 Å². The second kappa shape index (κ2) is 15.9. The number of ether oxygens (including phenoxy) is 5. The van der Waals surface area contributed by atoms with E-state index >= 15 is 0 Å². The lowest BCUT2D eigenvalue weighted by Crippen LogP contribution is -2.40. The quantitative estimate of drug-likeness (QED) is 0.143. The van der Waals surface area contributed by atoms with E-state index in [1.165, 1.54) is 0 Å². The highest BCUT2D eigenvalue weighted by Crippen LogP contribution is 2.29. The third kappa shape index (κ3) is 9.04. The highest BCUT2D eigenvalue weighted by molar-refractivity contribution is 5.85. The summed E-state index contributed by atoms with van der Waals surface area (Å²) >= 11 is 0. The van der Waals surface area contributed by atoms with Crippen molar-refractivity contribution in [2.75, 3.05) is 20.3 Å². The maximum absolute atomic E-state index is 12.7. The first-order valence-electron chi connectivity index (χ1n) is 14.1. The fourth-order valence-electron chi connectivity index (χ4n) is 4.52. The number of hydrogen-bond donors (Lipinski definition) is 1. The van der Waals surface area contributed by atoms with Crippen LogP contribution in [0, 0.1) is 0 Å². The van der Waals surface area contributed by atoms with Crippen molar-refractivity contribution in [3.63, 3.8) is 0 Å². The van der Waals surface area contributed by atoms with E-state index in [4.69, 9.17) is 28.5 Å². The lowest BCUT2D eigenvalue weighted by atomic mass is 10.0. The molecule has 9 heteroatoms. The molecule has 0 saturated heterocycles. The van der Waals surface area contributed by atoms with Gasteiger partial charge < -0.3 is 33.6 Å². The Morgan fingerprint density at radius 3 is 2.40 bits per heavy atom. The molecular weight excluding hydrogens is 538 g/mol. The van der Waals surface area contributed by atoms with Gasteiger partial charge in [0.05, 0.1) is 32.0 Å². The standard InChI is InChI=1S/C33H39NO8/c1-4-8-26-16-17-30(31(21-35)40-26)42-34-23(2)11-20-33(36)38-22-32-29(39-27-14-12-25(37-3)13-15-27)19-18-28(41-32)24-9-6-5-7-10-24/h4-7,9-10,12-19,26,28-32,35H,1,8,11,20-22H2,2-3H3/b34-23+/t26-,28+,29+,30+,31-,32-/m1/s1. The highest BCUT2D eigenvalue weighted by Gasteiger charge is 2.31. The van der Waals surface area contributed by atoms with Crippen LogP contribution in [0.4, 0.5) is 0 Å². The number of benzene rings is 2. The maximum Gasteiger partial charge on any atom is 0.306 e. The third-order valence-electron chi connectivity index (χ3n) is 6.86. The molecule has 0 fully saturated rings. The normalized spacial score (nSPS) is 25.5. The number of methoxy groups -OCH3 is 1. The minimum absolute atomic E-state index is 0.0221. The van der Waals surface area contributed by atoms with Crippen LogP contribution in [0.25, 0.3) is 0 Å². The van der Waals surface area contributed by atoms with Crippen molar-refractivity contribution in [2.24, 2.45) is 5.16 Å². The summed E-state index contributed by atoms with van der Waals surface area (Å²) < 4.78 is 29.1. The van der Waals surface area contributed by atoms with Crippen LogP contribution in [-0.2, 0) is 23.8 Å². The largest absolute Gasteiger partial charge is 0.497 e. The van der Waals surface area contributed by atoms with Gasteiger partial charge in [-0.3, -0.25) is 4.79 Å². The van der Waals surface area contributed by atoms with E-state index < -0.39 is 24.4 Å². The second-order valence-electron chi connectivity index (χ2n) is 10.0. The average molecular weight is 578 g/mol. The van der Waals surface area contributed by atoms with E-state index in [1.54, 1.807) is 20.1 Å². The summed E-state index contributed by atoms with van der Waals surface area (Å²) in [5.41, 5.74) is 1.62. The van der Waals surface area contributed by atoms with E-state index in [0.29, 0.717) is 24.3 Å². The first kappa shape index (κ1) is 31.0. The fourth-order valence-corrected chi connectivity index (χ4v) is 4.52. The summed E-state index contributed by atoms with van der Waals surface area (Å²) in [6.45, 7) is 5.31. The molecule has 0 bridgehead atoms. The number of esters is 1. The van der Waals surface area contributed by atoms with Gasteiger partial charge in [-0.1, -0.05) is 53.7 Å². The Kier molecular flexibility index (Phi) is 11.8. The lowest BCUT2D eigenvalue weighted by molar-refractivity contribution is -0.152. The lowest BCUT2D eigenvalue weighted by Gasteiger charge is -2.32. The summed E-state index contributed by atoms with van der Waals surface area (Å²) in [5.74, 6) is 0.988. The molecule has 0 aliphatic carbocycles. The zero-order chi connectivity index (χ0) is 29.7. The molecule has 224 valence electrons. The van der Waals surface area contributed by atoms with Gasteiger partial charge in [-0.25, -0.2) is 0 Å². The van der Waals surface area contributed by atoms with Gasteiger partial charge in [-0.05, 0) is 61.7 Å². The second-order valence-corrected chi connectivity index (χ2v) is 10.0. The van der Waals surface area contributed by atoms with Gasteiger partial charge in [0.15, 0.2) is 6.10 Å². The van der Waals surface area contributed by atoms with E-state index in [0.717, 1.165) is 11.3 Å². The third-order valence-corrected chi connectivity index (χ3v) is 6.86. The van der Waals surface area contributed by atoms with Crippen molar-refractivity contribution >= 4 is 11.7 Å². The van der Waals surface area contributed by atoms with Crippen molar-refractivity contribution in [3.05, 3.63) is 97.1 Å². The SMILES string of the molecule is C=CC[C@@H]1C=C[C@H](O/N=C(\C)CCC(=O)OC[C@H]2O[C@H](c3ccccc3)C=C[C@@H]2Oc2ccc(OC)cc2)[C@@H](CO)O1. The zero-order valence-electron chi connectivity index (χ0n) is 24.0. The van der Waals surface area contributed by atoms with E-state index in [-0.39, 0.29) is 37.8 Å². The Hall–Kier alpha value is -3.92. The molecule has 2 heterocycles. The summed E-state index contributed by atoms with van der Waals surface area (Å²) in [5, 5.41) is 13.8. The van der Waals surface area contributed by atoms with Crippen molar-refractivity contribution in [3.8, 4) is 11.5 Å². The first-order chi connectivity index (χ1) is 20.5. The Bertz CT molecular complexity index is 1230. The van der Waals surface area contributed by atoms with Crippen LogP contribution in [0.3, 0.4) is 0 Å². The van der Waals surface area contributed by atoms with Gasteiger partial charge in [-0.2, -0.15) is 0 Å². The molecule has 4 rings (SSSR count). The molecule has 2 aliphatic heterocycles. The van der Waals surface area contributed by atoms with E-state index in [2.05, 4.69) is 11.7 Å². The molecule has 0 radical (unpaired) electrons. The summed E-state index contributed by atoms with van der Waals surface area (Å²) in [6.07, 6.45) is 8.01. The van der Waals surface area contributed by atoms with Gasteiger partial charge in [0.2, 0.25) is 0 Å². The maximum atomic E-state index is 12.7. The number of rotatable bonds is 14. The van der Waals surface area contributed by atoms with Gasteiger partial charge in [0, 0.05) is 0 Å². The Balaban J connectivity index is 1.30. The number of aliphatic hydroxyl groups excluding tert-OH is 1. The molecule has 0 amide bonds. The molecule has 2 aromatic carbocycles. The first-order valence-corrected chi connectivity index (χ1v) is 14.1. The Morgan fingerprint density at radius 1 is 0.952 bits per heavy atom. The molecule has 0 unspecified atom stereocenters. The number of carbonyl (C=O) groups excluding carboxylic acids is 1. The van der Waals surface area contributed by atoms with Crippen LogP contribution in [0.2, 0.25) is 0 Å². The molecule has 6 atom stereocenters. The predicted octanol–water partition coefficient (Wildman–Crippen LogP) is 5.12. The molecule has 0 saturated carbocycles. The van der Waals surface area contributed by atoms with Gasteiger partial charge in [0.1, 0.15) is 42.5 Å². The highest BCUT2D eigenvalue weighted by atomic mass is 16.7. The molecule has 1 N–H and O–H groups in total. The van der Waals surface area contributed by atoms with Crippen LogP contribution in [0.5, 0.6) is 11.5 Å². The van der Waals surface area contributed by atoms with Crippen LogP contribution in [0.15, 0.2) is 96.7 Å². The molecule has 2 aliphatic rings. The predicted molar refractivity (Wildman–Crippen MR) is 158 cm³/mol. The van der Waals surface area contributed by atoms with E-state index in [9.17, 15) is 9.90 Å². The average Bonchev–Trinajstić information content (AvgIpc) is 3.03. The fraction of sp³-hybridized carbons (Fsp3) is 0.394.